The highest BCUT2D eigenvalue weighted by Crippen LogP contribution is 2.31. The van der Waals surface area contributed by atoms with E-state index < -0.39 is 5.91 Å². The molecular formula is C20H22Cl2N2O4. The number of halogens is 2. The first kappa shape index (κ1) is 21.9. The Hall–Kier alpha value is -2.44. The molecule has 8 heteroatoms. The fourth-order valence-electron chi connectivity index (χ4n) is 2.58. The van der Waals surface area contributed by atoms with Crippen LogP contribution in [0, 0.1) is 0 Å². The van der Waals surface area contributed by atoms with Gasteiger partial charge in [-0.15, -0.1) is 0 Å². The highest BCUT2D eigenvalue weighted by Gasteiger charge is 2.18. The molecule has 0 heterocycles. The van der Waals surface area contributed by atoms with Crippen LogP contribution in [0.5, 0.6) is 11.5 Å². The molecular weight excluding hydrogens is 403 g/mol. The minimum absolute atomic E-state index is 0.189. The smallest absolute Gasteiger partial charge is 0.253 e. The number of rotatable bonds is 8. The van der Waals surface area contributed by atoms with E-state index >= 15 is 0 Å². The van der Waals surface area contributed by atoms with Crippen molar-refractivity contribution in [3.05, 3.63) is 51.5 Å². The molecule has 0 spiro atoms. The second-order valence-corrected chi connectivity index (χ2v) is 6.81. The van der Waals surface area contributed by atoms with Crippen LogP contribution < -0.4 is 20.1 Å². The molecule has 28 heavy (non-hydrogen) atoms. The minimum atomic E-state index is -0.422. The molecule has 2 aromatic carbocycles. The maximum atomic E-state index is 12.8. The van der Waals surface area contributed by atoms with Crippen LogP contribution in [-0.2, 0) is 11.3 Å². The Morgan fingerprint density at radius 2 is 1.82 bits per heavy atom. The fraction of sp³-hybridized carbons (Fsp3) is 0.300. The Labute approximate surface area is 174 Å². The normalized spacial score (nSPS) is 10.3. The van der Waals surface area contributed by atoms with E-state index in [1.165, 1.54) is 19.2 Å². The number of benzene rings is 2. The maximum Gasteiger partial charge on any atom is 0.253 e. The average Bonchev–Trinajstić information content (AvgIpc) is 2.67. The van der Waals surface area contributed by atoms with E-state index in [2.05, 4.69) is 10.6 Å². The van der Waals surface area contributed by atoms with E-state index in [4.69, 9.17) is 32.7 Å². The van der Waals surface area contributed by atoms with E-state index in [-0.39, 0.29) is 28.7 Å². The summed E-state index contributed by atoms with van der Waals surface area (Å²) >= 11 is 12.3. The summed E-state index contributed by atoms with van der Waals surface area (Å²) in [6, 6.07) is 8.25. The summed E-state index contributed by atoms with van der Waals surface area (Å²) in [7, 11) is 3.10. The van der Waals surface area contributed by atoms with E-state index in [0.717, 1.165) is 5.56 Å². The number of ether oxygens (including phenoxy) is 2. The molecule has 0 fully saturated rings. The third-order valence-electron chi connectivity index (χ3n) is 3.97. The molecule has 0 aliphatic heterocycles. The molecule has 2 amide bonds. The van der Waals surface area contributed by atoms with Gasteiger partial charge in [0.25, 0.3) is 5.91 Å². The lowest BCUT2D eigenvalue weighted by atomic mass is 10.1. The second-order valence-electron chi connectivity index (χ2n) is 5.97. The first-order chi connectivity index (χ1) is 13.4. The number of carbonyl (C=O) groups excluding carboxylic acids is 2. The zero-order valence-electron chi connectivity index (χ0n) is 15.9. The van der Waals surface area contributed by atoms with Gasteiger partial charge in [0.15, 0.2) is 0 Å². The first-order valence-corrected chi connectivity index (χ1v) is 9.43. The number of amides is 2. The van der Waals surface area contributed by atoms with Crippen LogP contribution in [0.2, 0.25) is 10.0 Å². The van der Waals surface area contributed by atoms with Gasteiger partial charge in [0, 0.05) is 29.6 Å². The van der Waals surface area contributed by atoms with Crippen LogP contribution in [0.15, 0.2) is 30.3 Å². The van der Waals surface area contributed by atoms with E-state index in [1.54, 1.807) is 25.3 Å². The quantitative estimate of drug-likeness (QED) is 0.644. The summed E-state index contributed by atoms with van der Waals surface area (Å²) in [6.45, 7) is 2.09. The Morgan fingerprint density at radius 1 is 1.07 bits per heavy atom. The van der Waals surface area contributed by atoms with Crippen molar-refractivity contribution in [3.8, 4) is 11.5 Å². The second kappa shape index (κ2) is 10.2. The lowest BCUT2D eigenvalue weighted by Crippen LogP contribution is -2.25. The molecule has 0 saturated heterocycles. The molecule has 6 nitrogen and oxygen atoms in total. The number of methoxy groups -OCH3 is 2. The molecule has 2 N–H and O–H groups in total. The van der Waals surface area contributed by atoms with E-state index in [0.29, 0.717) is 29.4 Å². The SMILES string of the molecule is CCCC(=O)Nc1c(Cl)cc(Cl)cc1C(=O)NCc1ccc(OC)cc1OC. The average molecular weight is 425 g/mol. The van der Waals surface area contributed by atoms with E-state index in [1.807, 2.05) is 6.92 Å². The lowest BCUT2D eigenvalue weighted by molar-refractivity contribution is -0.116. The molecule has 2 rings (SSSR count). The minimum Gasteiger partial charge on any atom is -0.497 e. The number of anilines is 1. The molecule has 0 bridgehead atoms. The Morgan fingerprint density at radius 3 is 2.46 bits per heavy atom. The summed E-state index contributed by atoms with van der Waals surface area (Å²) in [5.41, 5.74) is 1.19. The molecule has 0 aromatic heterocycles. The highest BCUT2D eigenvalue weighted by molar-refractivity contribution is 6.38. The zero-order chi connectivity index (χ0) is 20.7. The van der Waals surface area contributed by atoms with Crippen LogP contribution in [0.1, 0.15) is 35.7 Å². The summed E-state index contributed by atoms with van der Waals surface area (Å²) in [4.78, 5) is 24.7. The fourth-order valence-corrected chi connectivity index (χ4v) is 3.12. The van der Waals surface area contributed by atoms with Gasteiger partial charge in [0.2, 0.25) is 5.91 Å². The topological polar surface area (TPSA) is 76.7 Å². The van der Waals surface area contributed by atoms with Crippen molar-refractivity contribution in [1.82, 2.24) is 5.32 Å². The molecule has 0 unspecified atom stereocenters. The van der Waals surface area contributed by atoms with Crippen molar-refractivity contribution < 1.29 is 19.1 Å². The third kappa shape index (κ3) is 5.53. The van der Waals surface area contributed by atoms with Crippen molar-refractivity contribution in [2.45, 2.75) is 26.3 Å². The monoisotopic (exact) mass is 424 g/mol. The van der Waals surface area contributed by atoms with Gasteiger partial charge in [-0.05, 0) is 30.7 Å². The van der Waals surface area contributed by atoms with Crippen molar-refractivity contribution in [2.24, 2.45) is 0 Å². The Kier molecular flexibility index (Phi) is 7.96. The molecule has 0 saturated carbocycles. The van der Waals surface area contributed by atoms with Crippen molar-refractivity contribution >= 4 is 40.7 Å². The largest absolute Gasteiger partial charge is 0.497 e. The van der Waals surface area contributed by atoms with Crippen LogP contribution in [0.3, 0.4) is 0 Å². The van der Waals surface area contributed by atoms with E-state index in [9.17, 15) is 9.59 Å². The third-order valence-corrected chi connectivity index (χ3v) is 4.49. The van der Waals surface area contributed by atoms with Gasteiger partial charge < -0.3 is 20.1 Å². The van der Waals surface area contributed by atoms with Gasteiger partial charge in [0.05, 0.1) is 30.5 Å². The predicted octanol–water partition coefficient (Wildman–Crippen LogP) is 4.68. The molecule has 0 aliphatic rings. The standard InChI is InChI=1S/C20H22Cl2N2O4/c1-4-5-18(25)24-19-15(8-13(21)9-16(19)22)20(26)23-11-12-6-7-14(27-2)10-17(12)28-3/h6-10H,4-5,11H2,1-3H3,(H,23,26)(H,24,25). The van der Waals surface area contributed by atoms with Gasteiger partial charge in [-0.3, -0.25) is 9.59 Å². The highest BCUT2D eigenvalue weighted by atomic mass is 35.5. The summed E-state index contributed by atoms with van der Waals surface area (Å²) in [5.74, 6) is 0.585. The molecule has 2 aromatic rings. The van der Waals surface area contributed by atoms with Crippen LogP contribution >= 0.6 is 23.2 Å². The molecule has 150 valence electrons. The number of carbonyl (C=O) groups is 2. The number of hydrogen-bond acceptors (Lipinski definition) is 4. The Bertz CT molecular complexity index is 872. The van der Waals surface area contributed by atoms with Crippen LogP contribution in [-0.4, -0.2) is 26.0 Å². The summed E-state index contributed by atoms with van der Waals surface area (Å²) in [5, 5.41) is 5.99. The molecule has 0 radical (unpaired) electrons. The number of hydrogen-bond donors (Lipinski definition) is 2. The summed E-state index contributed by atoms with van der Waals surface area (Å²) in [6.07, 6.45) is 0.999. The predicted molar refractivity (Wildman–Crippen MR) is 111 cm³/mol. The van der Waals surface area contributed by atoms with Gasteiger partial charge >= 0.3 is 0 Å². The van der Waals surface area contributed by atoms with Crippen molar-refractivity contribution in [2.75, 3.05) is 19.5 Å². The summed E-state index contributed by atoms with van der Waals surface area (Å²) < 4.78 is 10.5. The Balaban J connectivity index is 2.23. The van der Waals surface area contributed by atoms with Crippen LogP contribution in [0.4, 0.5) is 5.69 Å². The van der Waals surface area contributed by atoms with Crippen LogP contribution in [0.25, 0.3) is 0 Å². The first-order valence-electron chi connectivity index (χ1n) is 8.67. The molecule has 0 aliphatic carbocycles. The zero-order valence-corrected chi connectivity index (χ0v) is 17.4. The van der Waals surface area contributed by atoms with Crippen molar-refractivity contribution in [3.63, 3.8) is 0 Å². The maximum absolute atomic E-state index is 12.8. The van der Waals surface area contributed by atoms with Crippen molar-refractivity contribution in [1.29, 1.82) is 0 Å². The van der Waals surface area contributed by atoms with Gasteiger partial charge in [-0.2, -0.15) is 0 Å². The lowest BCUT2D eigenvalue weighted by Gasteiger charge is -2.15. The van der Waals surface area contributed by atoms with Gasteiger partial charge in [0.1, 0.15) is 11.5 Å². The van der Waals surface area contributed by atoms with Gasteiger partial charge in [-0.25, -0.2) is 0 Å². The molecule has 0 atom stereocenters. The van der Waals surface area contributed by atoms with Gasteiger partial charge in [-0.1, -0.05) is 30.1 Å². The number of nitrogens with one attached hydrogen (secondary N) is 2.